The minimum atomic E-state index is 0.249. The van der Waals surface area contributed by atoms with E-state index in [1.807, 2.05) is 30.3 Å². The lowest BCUT2D eigenvalue weighted by atomic mass is 10.2. The monoisotopic (exact) mass is 337 g/mol. The highest BCUT2D eigenvalue weighted by Gasteiger charge is 2.20. The number of pyridine rings is 1. The molecule has 0 atom stereocenters. The molecule has 0 amide bonds. The first-order valence-electron chi connectivity index (χ1n) is 8.42. The van der Waals surface area contributed by atoms with E-state index in [0.717, 1.165) is 29.7 Å². The highest BCUT2D eigenvalue weighted by molar-refractivity contribution is 5.62. The van der Waals surface area contributed by atoms with Gasteiger partial charge in [-0.3, -0.25) is 4.98 Å². The van der Waals surface area contributed by atoms with Crippen LogP contribution in [0.2, 0.25) is 0 Å². The van der Waals surface area contributed by atoms with Crippen LogP contribution in [-0.4, -0.2) is 28.3 Å². The molecule has 25 heavy (non-hydrogen) atoms. The fourth-order valence-corrected chi connectivity index (χ4v) is 3.05. The first-order chi connectivity index (χ1) is 12.3. The van der Waals surface area contributed by atoms with Gasteiger partial charge in [0.2, 0.25) is 5.82 Å². The van der Waals surface area contributed by atoms with Crippen LogP contribution in [0, 0.1) is 0 Å². The topological polar surface area (TPSA) is 70.3 Å². The maximum absolute atomic E-state index is 6.13. The summed E-state index contributed by atoms with van der Waals surface area (Å²) in [7, 11) is 1.64. The molecule has 6 nitrogen and oxygen atoms in total. The number of aromatic nitrogens is 3. The zero-order valence-electron chi connectivity index (χ0n) is 14.0. The Kier molecular flexibility index (Phi) is 4.33. The van der Waals surface area contributed by atoms with Crippen LogP contribution in [0.15, 0.2) is 47.2 Å². The van der Waals surface area contributed by atoms with Crippen LogP contribution >= 0.6 is 0 Å². The Morgan fingerprint density at radius 2 is 1.80 bits per heavy atom. The quantitative estimate of drug-likeness (QED) is 0.697. The molecule has 0 spiro atoms. The average molecular weight is 337 g/mol. The Labute approximate surface area is 145 Å². The van der Waals surface area contributed by atoms with Crippen LogP contribution in [0.25, 0.3) is 22.8 Å². The molecule has 128 valence electrons. The van der Waals surface area contributed by atoms with Crippen LogP contribution < -0.4 is 9.47 Å². The Balaban J connectivity index is 1.63. The number of methoxy groups -OCH3 is 1. The minimum absolute atomic E-state index is 0.249. The summed E-state index contributed by atoms with van der Waals surface area (Å²) in [5, 5.41) is 4.05. The SMILES string of the molecule is COc1ccc(-c2nc(-c3ccncc3)no2)cc1OC1CCCC1. The molecule has 1 aliphatic carbocycles. The van der Waals surface area contributed by atoms with Crippen molar-refractivity contribution in [1.82, 2.24) is 15.1 Å². The molecule has 0 unspecified atom stereocenters. The molecular weight excluding hydrogens is 318 g/mol. The summed E-state index contributed by atoms with van der Waals surface area (Å²) in [6, 6.07) is 9.36. The molecule has 0 saturated heterocycles. The summed E-state index contributed by atoms with van der Waals surface area (Å²) < 4.78 is 17.0. The predicted molar refractivity (Wildman–Crippen MR) is 92.4 cm³/mol. The van der Waals surface area contributed by atoms with Crippen molar-refractivity contribution >= 4 is 0 Å². The molecule has 3 aromatic rings. The van der Waals surface area contributed by atoms with Gasteiger partial charge in [-0.15, -0.1) is 0 Å². The van der Waals surface area contributed by atoms with Crippen LogP contribution in [0.5, 0.6) is 11.5 Å². The van der Waals surface area contributed by atoms with E-state index in [0.29, 0.717) is 17.5 Å². The maximum atomic E-state index is 6.13. The van der Waals surface area contributed by atoms with Crippen LogP contribution in [0.3, 0.4) is 0 Å². The van der Waals surface area contributed by atoms with Crippen LogP contribution in [-0.2, 0) is 0 Å². The highest BCUT2D eigenvalue weighted by Crippen LogP contribution is 2.35. The third-order valence-electron chi connectivity index (χ3n) is 4.37. The molecule has 4 rings (SSSR count). The van der Waals surface area contributed by atoms with E-state index < -0.39 is 0 Å². The standard InChI is InChI=1S/C19H19N3O3/c1-23-16-7-6-14(12-17(16)24-15-4-2-3-5-15)19-21-18(22-25-19)13-8-10-20-11-9-13/h6-12,15H,2-5H2,1H3. The van der Waals surface area contributed by atoms with Crippen molar-refractivity contribution in [2.45, 2.75) is 31.8 Å². The second-order valence-corrected chi connectivity index (χ2v) is 6.05. The normalized spacial score (nSPS) is 14.6. The predicted octanol–water partition coefficient (Wildman–Crippen LogP) is 4.13. The lowest BCUT2D eigenvalue weighted by molar-refractivity contribution is 0.201. The summed E-state index contributed by atoms with van der Waals surface area (Å²) in [4.78, 5) is 8.48. The fraction of sp³-hybridized carbons (Fsp3) is 0.316. The van der Waals surface area contributed by atoms with Gasteiger partial charge in [0.25, 0.3) is 5.89 Å². The van der Waals surface area contributed by atoms with Gasteiger partial charge in [0.05, 0.1) is 13.2 Å². The van der Waals surface area contributed by atoms with E-state index in [2.05, 4.69) is 15.1 Å². The van der Waals surface area contributed by atoms with Crippen molar-refractivity contribution in [2.75, 3.05) is 7.11 Å². The smallest absolute Gasteiger partial charge is 0.258 e. The molecule has 2 heterocycles. The van der Waals surface area contributed by atoms with Gasteiger partial charge in [-0.2, -0.15) is 4.98 Å². The van der Waals surface area contributed by atoms with Crippen LogP contribution in [0.1, 0.15) is 25.7 Å². The van der Waals surface area contributed by atoms with Gasteiger partial charge in [-0.25, -0.2) is 0 Å². The molecule has 1 saturated carbocycles. The van der Waals surface area contributed by atoms with E-state index in [9.17, 15) is 0 Å². The second-order valence-electron chi connectivity index (χ2n) is 6.05. The molecular formula is C19H19N3O3. The molecule has 1 aliphatic rings. The average Bonchev–Trinajstić information content (AvgIpc) is 3.34. The zero-order valence-corrected chi connectivity index (χ0v) is 14.0. The number of benzene rings is 1. The van der Waals surface area contributed by atoms with Crippen molar-refractivity contribution in [3.05, 3.63) is 42.7 Å². The molecule has 0 N–H and O–H groups in total. The summed E-state index contributed by atoms with van der Waals surface area (Å²) >= 11 is 0. The van der Waals surface area contributed by atoms with E-state index in [1.165, 1.54) is 12.8 Å². The molecule has 1 aromatic carbocycles. The highest BCUT2D eigenvalue weighted by atomic mass is 16.5. The van der Waals surface area contributed by atoms with Gasteiger partial charge in [0, 0.05) is 23.5 Å². The lowest BCUT2D eigenvalue weighted by Crippen LogP contribution is -2.11. The van der Waals surface area contributed by atoms with Gasteiger partial charge in [0.15, 0.2) is 11.5 Å². The molecule has 0 bridgehead atoms. The van der Waals surface area contributed by atoms with Crippen molar-refractivity contribution in [3.63, 3.8) is 0 Å². The number of ether oxygens (including phenoxy) is 2. The fourth-order valence-electron chi connectivity index (χ4n) is 3.05. The number of rotatable bonds is 5. The largest absolute Gasteiger partial charge is 0.493 e. The maximum Gasteiger partial charge on any atom is 0.258 e. The van der Waals surface area contributed by atoms with Gasteiger partial charge < -0.3 is 14.0 Å². The van der Waals surface area contributed by atoms with Crippen molar-refractivity contribution in [3.8, 4) is 34.3 Å². The molecule has 2 aromatic heterocycles. The summed E-state index contributed by atoms with van der Waals surface area (Å²) in [6.45, 7) is 0. The third-order valence-corrected chi connectivity index (χ3v) is 4.37. The first kappa shape index (κ1) is 15.6. The van der Waals surface area contributed by atoms with Crippen molar-refractivity contribution < 1.29 is 14.0 Å². The van der Waals surface area contributed by atoms with E-state index in [-0.39, 0.29) is 6.10 Å². The minimum Gasteiger partial charge on any atom is -0.493 e. The molecule has 6 heteroatoms. The van der Waals surface area contributed by atoms with E-state index in [4.69, 9.17) is 14.0 Å². The number of nitrogens with zero attached hydrogens (tertiary/aromatic N) is 3. The van der Waals surface area contributed by atoms with Gasteiger partial charge in [-0.1, -0.05) is 5.16 Å². The Morgan fingerprint density at radius 3 is 2.56 bits per heavy atom. The zero-order chi connectivity index (χ0) is 17.1. The summed E-state index contributed by atoms with van der Waals surface area (Å²) in [5.74, 6) is 2.41. The van der Waals surface area contributed by atoms with E-state index >= 15 is 0 Å². The molecule has 0 aliphatic heterocycles. The van der Waals surface area contributed by atoms with Crippen LogP contribution in [0.4, 0.5) is 0 Å². The van der Waals surface area contributed by atoms with Gasteiger partial charge in [0.1, 0.15) is 0 Å². The second kappa shape index (κ2) is 6.93. The number of hydrogen-bond donors (Lipinski definition) is 0. The Hall–Kier alpha value is -2.89. The first-order valence-corrected chi connectivity index (χ1v) is 8.42. The van der Waals surface area contributed by atoms with Gasteiger partial charge in [-0.05, 0) is 56.0 Å². The molecule has 0 radical (unpaired) electrons. The lowest BCUT2D eigenvalue weighted by Gasteiger charge is -2.16. The molecule has 1 fully saturated rings. The summed E-state index contributed by atoms with van der Waals surface area (Å²) in [5.41, 5.74) is 1.67. The third kappa shape index (κ3) is 3.33. The van der Waals surface area contributed by atoms with Gasteiger partial charge >= 0.3 is 0 Å². The van der Waals surface area contributed by atoms with Crippen molar-refractivity contribution in [1.29, 1.82) is 0 Å². The Bertz CT molecular complexity index is 842. The number of hydrogen-bond acceptors (Lipinski definition) is 6. The van der Waals surface area contributed by atoms with Crippen molar-refractivity contribution in [2.24, 2.45) is 0 Å². The van der Waals surface area contributed by atoms with E-state index in [1.54, 1.807) is 19.5 Å². The summed E-state index contributed by atoms with van der Waals surface area (Å²) in [6.07, 6.45) is 8.25. The Morgan fingerprint density at radius 1 is 1.00 bits per heavy atom.